The van der Waals surface area contributed by atoms with Crippen molar-refractivity contribution in [1.29, 1.82) is 0 Å². The molecule has 4 amide bonds. The van der Waals surface area contributed by atoms with E-state index in [-0.39, 0.29) is 48.7 Å². The fourth-order valence-electron chi connectivity index (χ4n) is 6.89. The van der Waals surface area contributed by atoms with E-state index in [4.69, 9.17) is 0 Å². The summed E-state index contributed by atoms with van der Waals surface area (Å²) in [5.41, 5.74) is 3.38. The number of nitrogens with one attached hydrogen (secondary N) is 4. The maximum atomic E-state index is 15.1. The van der Waals surface area contributed by atoms with Gasteiger partial charge in [0.2, 0.25) is 11.8 Å². The van der Waals surface area contributed by atoms with Crippen molar-refractivity contribution in [2.75, 3.05) is 31.1 Å². The first kappa shape index (κ1) is 43.4. The Balaban J connectivity index is 0.00000604. The molecule has 0 saturated carbocycles. The molecule has 60 heavy (non-hydrogen) atoms. The predicted octanol–water partition coefficient (Wildman–Crippen LogP) is 5.15. The second kappa shape index (κ2) is 17.6. The molecule has 3 aromatic carbocycles. The Morgan fingerprint density at radius 3 is 2.32 bits per heavy atom. The van der Waals surface area contributed by atoms with Crippen molar-refractivity contribution in [3.8, 4) is 16.8 Å². The summed E-state index contributed by atoms with van der Waals surface area (Å²) in [6, 6.07) is 17.8. The number of anilines is 1. The quantitative estimate of drug-likeness (QED) is 0.104. The number of aryl methyl sites for hydroxylation is 1. The van der Waals surface area contributed by atoms with Gasteiger partial charge in [0.15, 0.2) is 5.82 Å². The topological polar surface area (TPSA) is 170 Å². The van der Waals surface area contributed by atoms with Crippen molar-refractivity contribution in [2.45, 2.75) is 64.3 Å². The maximum absolute atomic E-state index is 15.1. The van der Waals surface area contributed by atoms with Crippen LogP contribution in [0.1, 0.15) is 70.2 Å². The molecule has 2 aliphatic heterocycles. The van der Waals surface area contributed by atoms with E-state index in [1.807, 2.05) is 25.1 Å². The molecule has 2 aromatic heterocycles. The van der Waals surface area contributed by atoms with Crippen LogP contribution in [-0.4, -0.2) is 91.9 Å². The summed E-state index contributed by atoms with van der Waals surface area (Å²) in [6.45, 7) is 7.37. The summed E-state index contributed by atoms with van der Waals surface area (Å²) < 4.78 is 56.7. The molecule has 1 atom stereocenters. The minimum atomic E-state index is -4.54. The van der Waals surface area contributed by atoms with E-state index in [9.17, 15) is 32.3 Å². The Morgan fingerprint density at radius 1 is 0.933 bits per heavy atom. The summed E-state index contributed by atoms with van der Waals surface area (Å²) in [5, 5.41) is 17.8. The third-order valence-corrected chi connectivity index (χ3v) is 10.7. The number of piperidine rings is 1. The molecular weight excluding hydrogens is 808 g/mol. The second-order valence-corrected chi connectivity index (χ2v) is 15.2. The van der Waals surface area contributed by atoms with Crippen molar-refractivity contribution in [1.82, 2.24) is 45.8 Å². The minimum absolute atomic E-state index is 0. The van der Waals surface area contributed by atoms with E-state index in [0.29, 0.717) is 18.8 Å². The van der Waals surface area contributed by atoms with Crippen LogP contribution < -0.4 is 20.9 Å². The fourth-order valence-corrected chi connectivity index (χ4v) is 6.89. The van der Waals surface area contributed by atoms with Crippen LogP contribution >= 0.6 is 12.4 Å². The number of H-pyrrole nitrogens is 1. The number of rotatable bonds is 11. The number of aromatic nitrogens is 5. The zero-order valence-electron chi connectivity index (χ0n) is 32.9. The Labute approximate surface area is 348 Å². The highest BCUT2D eigenvalue weighted by molar-refractivity contribution is 6.04. The summed E-state index contributed by atoms with van der Waals surface area (Å²) in [6.07, 6.45) is -1.28. The molecular formula is C41H43ClF4N10O4. The molecule has 7 rings (SSSR count). The highest BCUT2D eigenvalue weighted by Crippen LogP contribution is 2.38. The van der Waals surface area contributed by atoms with Crippen LogP contribution in [0.2, 0.25) is 0 Å². The molecule has 2 fully saturated rings. The normalized spacial score (nSPS) is 16.2. The molecule has 0 radical (unpaired) electrons. The molecule has 316 valence electrons. The first-order valence-corrected chi connectivity index (χ1v) is 19.0. The summed E-state index contributed by atoms with van der Waals surface area (Å²) in [7, 11) is 0. The third kappa shape index (κ3) is 9.50. The second-order valence-electron chi connectivity index (χ2n) is 15.2. The average molecular weight is 851 g/mol. The molecule has 2 saturated heterocycles. The Hall–Kier alpha value is -6.14. The zero-order valence-corrected chi connectivity index (χ0v) is 33.7. The highest BCUT2D eigenvalue weighted by Gasteiger charge is 2.51. The van der Waals surface area contributed by atoms with E-state index in [0.717, 1.165) is 61.4 Å². The van der Waals surface area contributed by atoms with Crippen LogP contribution in [-0.2, 0) is 28.1 Å². The van der Waals surface area contributed by atoms with Gasteiger partial charge in [-0.05, 0) is 79.8 Å². The van der Waals surface area contributed by atoms with Crippen LogP contribution in [0.15, 0.2) is 73.1 Å². The molecule has 4 N–H and O–H groups in total. The monoisotopic (exact) mass is 850 g/mol. The molecule has 0 bridgehead atoms. The Bertz CT molecular complexity index is 2390. The smallest absolute Gasteiger partial charge is 0.369 e. The highest BCUT2D eigenvalue weighted by atomic mass is 35.5. The van der Waals surface area contributed by atoms with Crippen LogP contribution in [0.5, 0.6) is 0 Å². The van der Waals surface area contributed by atoms with E-state index in [1.54, 1.807) is 16.9 Å². The number of benzene rings is 3. The number of carbonyl (C=O) groups excluding carboxylic acids is 4. The van der Waals surface area contributed by atoms with Gasteiger partial charge in [0.05, 0.1) is 29.6 Å². The number of hydrogen-bond acceptors (Lipinski definition) is 9. The first-order chi connectivity index (χ1) is 28.0. The van der Waals surface area contributed by atoms with Gasteiger partial charge in [0, 0.05) is 51.0 Å². The predicted molar refractivity (Wildman–Crippen MR) is 215 cm³/mol. The number of amides is 4. The molecule has 0 aliphatic carbocycles. The fraction of sp³-hybridized carbons (Fsp3) is 0.341. The number of alkyl halides is 3. The number of aromatic amines is 1. The largest absolute Gasteiger partial charge is 0.401 e. The zero-order chi connectivity index (χ0) is 42.1. The van der Waals surface area contributed by atoms with Crippen molar-refractivity contribution in [3.05, 3.63) is 113 Å². The van der Waals surface area contributed by atoms with Crippen molar-refractivity contribution in [2.24, 2.45) is 0 Å². The molecule has 14 nitrogen and oxygen atoms in total. The summed E-state index contributed by atoms with van der Waals surface area (Å²) >= 11 is 0. The molecule has 5 aromatic rings. The van der Waals surface area contributed by atoms with Crippen molar-refractivity contribution < 1.29 is 36.7 Å². The van der Waals surface area contributed by atoms with E-state index in [1.165, 1.54) is 18.3 Å². The van der Waals surface area contributed by atoms with Crippen LogP contribution in [0.4, 0.5) is 23.2 Å². The van der Waals surface area contributed by atoms with Gasteiger partial charge < -0.3 is 15.5 Å². The lowest BCUT2D eigenvalue weighted by atomic mass is 9.92. The number of piperazine rings is 1. The number of nitrogens with zero attached hydrogens (tertiary/aromatic N) is 6. The molecule has 0 unspecified atom stereocenters. The van der Waals surface area contributed by atoms with Gasteiger partial charge in [-0.1, -0.05) is 30.3 Å². The molecule has 0 spiro atoms. The molecule has 4 heterocycles. The number of imide groups is 1. The van der Waals surface area contributed by atoms with Gasteiger partial charge in [0.25, 0.3) is 11.8 Å². The van der Waals surface area contributed by atoms with Gasteiger partial charge in [-0.2, -0.15) is 23.4 Å². The standard InChI is InChI=1S/C41H42F4N10O4.ClH/c1-24-18-27(8-12-33(24)55-23-28(20-47-55)36(57)46-21-34-49-39(52-51-34)40(2,3)41(43,44)45)26-6-4-25(5-7-26)22-53-14-16-54(17-15-53)29-9-10-30(31(42)19-29)37(58)48-32-11-13-35(56)50-38(32)59;/h4-10,12,18-20,23,32H,11,13-17,21-22H2,1-3H3,(H,46,57)(H,48,58)(H,49,51,52)(H,50,56,59);1H/t32-;/m0./s1. The maximum Gasteiger partial charge on any atom is 0.401 e. The van der Waals surface area contributed by atoms with E-state index in [2.05, 4.69) is 70.3 Å². The van der Waals surface area contributed by atoms with Crippen LogP contribution in [0, 0.1) is 12.7 Å². The van der Waals surface area contributed by atoms with Gasteiger partial charge in [-0.15, -0.1) is 12.4 Å². The SMILES string of the molecule is Cc1cc(-c2ccc(CN3CCN(c4ccc(C(=O)N[C@H]5CCC(=O)NC5=O)c(F)c4)CC3)cc2)ccc1-n1cc(C(=O)NCc2nc(C(C)(C)C(F)(F)F)n[nH]2)cn1.Cl. The van der Waals surface area contributed by atoms with Crippen molar-refractivity contribution in [3.63, 3.8) is 0 Å². The molecule has 2 aliphatic rings. The van der Waals surface area contributed by atoms with Gasteiger partial charge in [0.1, 0.15) is 23.1 Å². The van der Waals surface area contributed by atoms with E-state index >= 15 is 4.39 Å². The van der Waals surface area contributed by atoms with Crippen LogP contribution in [0.25, 0.3) is 16.8 Å². The van der Waals surface area contributed by atoms with Gasteiger partial charge in [-0.3, -0.25) is 34.5 Å². The lowest BCUT2D eigenvalue weighted by Crippen LogP contribution is -2.52. The minimum Gasteiger partial charge on any atom is -0.369 e. The van der Waals surface area contributed by atoms with Gasteiger partial charge in [-0.25, -0.2) is 14.1 Å². The number of halogens is 5. The first-order valence-electron chi connectivity index (χ1n) is 19.0. The lowest BCUT2D eigenvalue weighted by Gasteiger charge is -2.36. The molecule has 19 heteroatoms. The average Bonchev–Trinajstić information content (AvgIpc) is 3.90. The third-order valence-electron chi connectivity index (χ3n) is 10.7. The number of hydrogen-bond donors (Lipinski definition) is 4. The Kier molecular flexibility index (Phi) is 12.7. The summed E-state index contributed by atoms with van der Waals surface area (Å²) in [5.74, 6) is -3.18. The van der Waals surface area contributed by atoms with Gasteiger partial charge >= 0.3 is 6.18 Å². The van der Waals surface area contributed by atoms with E-state index < -0.39 is 52.9 Å². The Morgan fingerprint density at radius 2 is 1.65 bits per heavy atom. The van der Waals surface area contributed by atoms with Crippen LogP contribution in [0.3, 0.4) is 0 Å². The lowest BCUT2D eigenvalue weighted by molar-refractivity contribution is -0.182. The number of carbonyl (C=O) groups is 4. The van der Waals surface area contributed by atoms with Crippen molar-refractivity contribution >= 4 is 41.7 Å². The summed E-state index contributed by atoms with van der Waals surface area (Å²) in [4.78, 5) is 57.2.